The fourth-order valence-electron chi connectivity index (χ4n) is 0.524. The molecule has 0 aromatic heterocycles. The number of hydrogen-bond acceptors (Lipinski definition) is 3. The van der Waals surface area contributed by atoms with Gasteiger partial charge < -0.3 is 9.47 Å². The van der Waals surface area contributed by atoms with Gasteiger partial charge in [0, 0.05) is 5.57 Å². The third-order valence-electron chi connectivity index (χ3n) is 1.26. The van der Waals surface area contributed by atoms with Crippen LogP contribution in [0, 0.1) is 0 Å². The highest BCUT2D eigenvalue weighted by Gasteiger charge is 2.01. The first-order valence-corrected chi connectivity index (χ1v) is 4.08. The molecule has 0 spiro atoms. The average molecular weight is 172 g/mol. The Morgan fingerprint density at radius 1 is 1.50 bits per heavy atom. The van der Waals surface area contributed by atoms with Crippen molar-refractivity contribution in [2.45, 2.75) is 26.7 Å². The third-order valence-corrected chi connectivity index (χ3v) is 1.26. The molecular weight excluding hydrogens is 156 g/mol. The predicted octanol–water partition coefficient (Wildman–Crippen LogP) is 1.88. The van der Waals surface area contributed by atoms with Crippen LogP contribution in [0.15, 0.2) is 12.2 Å². The molecule has 0 heterocycles. The second kappa shape index (κ2) is 6.85. The van der Waals surface area contributed by atoms with Crippen LogP contribution in [0.4, 0.5) is 0 Å². The van der Waals surface area contributed by atoms with Crippen molar-refractivity contribution in [3.63, 3.8) is 0 Å². The Morgan fingerprint density at radius 2 is 2.17 bits per heavy atom. The van der Waals surface area contributed by atoms with Crippen LogP contribution < -0.4 is 0 Å². The van der Waals surface area contributed by atoms with Gasteiger partial charge in [-0.3, -0.25) is 0 Å². The summed E-state index contributed by atoms with van der Waals surface area (Å²) in [6.45, 7) is 7.79. The van der Waals surface area contributed by atoms with Crippen molar-refractivity contribution in [1.29, 1.82) is 0 Å². The number of hydrogen-bond donors (Lipinski definition) is 0. The molecule has 0 bridgehead atoms. The van der Waals surface area contributed by atoms with Gasteiger partial charge in [-0.2, -0.15) is 0 Å². The molecule has 12 heavy (non-hydrogen) atoms. The van der Waals surface area contributed by atoms with E-state index in [-0.39, 0.29) is 6.79 Å². The lowest BCUT2D eigenvalue weighted by molar-refractivity contribution is -0.151. The monoisotopic (exact) mass is 172 g/mol. The minimum atomic E-state index is -0.397. The summed E-state index contributed by atoms with van der Waals surface area (Å²) >= 11 is 0. The first kappa shape index (κ1) is 11.2. The molecule has 0 aromatic rings. The van der Waals surface area contributed by atoms with Gasteiger partial charge in [0.05, 0.1) is 6.61 Å². The van der Waals surface area contributed by atoms with Gasteiger partial charge in [-0.1, -0.05) is 19.9 Å². The molecule has 0 unspecified atom stereocenters. The molecule has 0 aliphatic heterocycles. The molecule has 0 fully saturated rings. The number of ether oxygens (including phenoxy) is 2. The van der Waals surface area contributed by atoms with Crippen molar-refractivity contribution in [1.82, 2.24) is 0 Å². The Morgan fingerprint density at radius 3 is 2.67 bits per heavy atom. The summed E-state index contributed by atoms with van der Waals surface area (Å²) in [7, 11) is 0. The number of rotatable bonds is 6. The van der Waals surface area contributed by atoms with E-state index in [4.69, 9.17) is 4.74 Å². The Labute approximate surface area is 73.4 Å². The van der Waals surface area contributed by atoms with Gasteiger partial charge in [0.2, 0.25) is 0 Å². The zero-order valence-corrected chi connectivity index (χ0v) is 7.76. The minimum absolute atomic E-state index is 0.0334. The van der Waals surface area contributed by atoms with Crippen molar-refractivity contribution >= 4 is 5.97 Å². The van der Waals surface area contributed by atoms with Gasteiger partial charge in [0.1, 0.15) is 0 Å². The van der Waals surface area contributed by atoms with Gasteiger partial charge in [0.25, 0.3) is 0 Å². The van der Waals surface area contributed by atoms with E-state index in [0.717, 1.165) is 12.8 Å². The Hall–Kier alpha value is -0.830. The Kier molecular flexibility index (Phi) is 6.38. The number of carbonyl (C=O) groups is 1. The fourth-order valence-corrected chi connectivity index (χ4v) is 0.524. The van der Waals surface area contributed by atoms with Crippen molar-refractivity contribution in [2.24, 2.45) is 0 Å². The van der Waals surface area contributed by atoms with E-state index in [9.17, 15) is 4.79 Å². The van der Waals surface area contributed by atoms with Crippen LogP contribution in [0.2, 0.25) is 0 Å². The van der Waals surface area contributed by atoms with Crippen LogP contribution in [0.25, 0.3) is 0 Å². The number of esters is 1. The summed E-state index contributed by atoms with van der Waals surface area (Å²) in [6.07, 6.45) is 2.07. The van der Waals surface area contributed by atoms with E-state index in [1.54, 1.807) is 6.92 Å². The Balaban J connectivity index is 3.20. The third kappa shape index (κ3) is 5.92. The molecule has 0 saturated heterocycles. The molecule has 3 heteroatoms. The first-order chi connectivity index (χ1) is 5.68. The van der Waals surface area contributed by atoms with Crippen molar-refractivity contribution < 1.29 is 14.3 Å². The zero-order chi connectivity index (χ0) is 9.40. The van der Waals surface area contributed by atoms with Crippen molar-refractivity contribution in [3.8, 4) is 0 Å². The summed E-state index contributed by atoms with van der Waals surface area (Å²) in [5, 5.41) is 0. The molecule has 0 amide bonds. The maximum Gasteiger partial charge on any atom is 0.335 e. The van der Waals surface area contributed by atoms with Gasteiger partial charge in [0.15, 0.2) is 6.79 Å². The van der Waals surface area contributed by atoms with E-state index in [0.29, 0.717) is 12.2 Å². The second-order valence-electron chi connectivity index (χ2n) is 2.59. The van der Waals surface area contributed by atoms with Crippen LogP contribution in [0.1, 0.15) is 26.7 Å². The fraction of sp³-hybridized carbons (Fsp3) is 0.667. The highest BCUT2D eigenvalue weighted by molar-refractivity contribution is 5.86. The van der Waals surface area contributed by atoms with Crippen molar-refractivity contribution in [3.05, 3.63) is 12.2 Å². The molecule has 0 aromatic carbocycles. The van der Waals surface area contributed by atoms with E-state index < -0.39 is 5.97 Å². The summed E-state index contributed by atoms with van der Waals surface area (Å²) in [5.74, 6) is -0.397. The molecule has 0 aliphatic rings. The maximum absolute atomic E-state index is 10.8. The van der Waals surface area contributed by atoms with E-state index in [2.05, 4.69) is 18.2 Å². The molecule has 0 N–H and O–H groups in total. The predicted molar refractivity (Wildman–Crippen MR) is 46.6 cm³/mol. The lowest BCUT2D eigenvalue weighted by atomic mass is 10.4. The molecule has 0 rings (SSSR count). The van der Waals surface area contributed by atoms with Gasteiger partial charge in [-0.25, -0.2) is 4.79 Å². The molecule has 3 nitrogen and oxygen atoms in total. The topological polar surface area (TPSA) is 35.5 Å². The summed E-state index contributed by atoms with van der Waals surface area (Å²) in [5.41, 5.74) is 0.397. The van der Waals surface area contributed by atoms with Crippen LogP contribution in [0.3, 0.4) is 0 Å². The quantitative estimate of drug-likeness (QED) is 0.265. The first-order valence-electron chi connectivity index (χ1n) is 4.08. The second-order valence-corrected chi connectivity index (χ2v) is 2.59. The van der Waals surface area contributed by atoms with Gasteiger partial charge >= 0.3 is 5.97 Å². The molecular formula is C9H16O3. The summed E-state index contributed by atoms with van der Waals surface area (Å²) in [6, 6.07) is 0. The highest BCUT2D eigenvalue weighted by Crippen LogP contribution is 1.93. The number of carbonyl (C=O) groups excluding carboxylic acids is 1. The highest BCUT2D eigenvalue weighted by atomic mass is 16.7. The normalized spacial score (nSPS) is 9.50. The lowest BCUT2D eigenvalue weighted by Gasteiger charge is -2.04. The van der Waals surface area contributed by atoms with E-state index in [1.807, 2.05) is 0 Å². The van der Waals surface area contributed by atoms with E-state index in [1.165, 1.54) is 0 Å². The van der Waals surface area contributed by atoms with Crippen LogP contribution in [-0.2, 0) is 14.3 Å². The standard InChI is InChI=1S/C9H16O3/c1-4-5-6-11-7-12-9(10)8(2)3/h2,4-7H2,1,3H3. The molecule has 0 aliphatic carbocycles. The van der Waals surface area contributed by atoms with Gasteiger partial charge in [-0.15, -0.1) is 0 Å². The summed E-state index contributed by atoms with van der Waals surface area (Å²) in [4.78, 5) is 10.8. The smallest absolute Gasteiger partial charge is 0.335 e. The van der Waals surface area contributed by atoms with Crippen LogP contribution in [0.5, 0.6) is 0 Å². The molecule has 70 valence electrons. The molecule has 0 atom stereocenters. The number of unbranched alkanes of at least 4 members (excludes halogenated alkanes) is 1. The van der Waals surface area contributed by atoms with Crippen LogP contribution in [-0.4, -0.2) is 19.4 Å². The molecule has 0 saturated carbocycles. The Bertz CT molecular complexity index is 152. The zero-order valence-electron chi connectivity index (χ0n) is 7.76. The largest absolute Gasteiger partial charge is 0.435 e. The maximum atomic E-state index is 10.8. The van der Waals surface area contributed by atoms with Gasteiger partial charge in [-0.05, 0) is 13.3 Å². The lowest BCUT2D eigenvalue weighted by Crippen LogP contribution is -2.09. The van der Waals surface area contributed by atoms with E-state index >= 15 is 0 Å². The summed E-state index contributed by atoms with van der Waals surface area (Å²) < 4.78 is 9.70. The average Bonchev–Trinajstić information content (AvgIpc) is 2.03. The van der Waals surface area contributed by atoms with Crippen LogP contribution >= 0.6 is 0 Å². The minimum Gasteiger partial charge on any atom is -0.435 e. The molecule has 0 radical (unpaired) electrons. The van der Waals surface area contributed by atoms with Crippen molar-refractivity contribution in [2.75, 3.05) is 13.4 Å². The SMILES string of the molecule is C=C(C)C(=O)OCOCCCC.